The second kappa shape index (κ2) is 6.80. The Morgan fingerprint density at radius 2 is 2.17 bits per heavy atom. The minimum Gasteiger partial charge on any atom is -0.382 e. The molecule has 3 rings (SSSR count). The van der Waals surface area contributed by atoms with Crippen molar-refractivity contribution >= 4 is 16.9 Å². The van der Waals surface area contributed by atoms with Gasteiger partial charge < -0.3 is 14.6 Å². The van der Waals surface area contributed by atoms with Crippen LogP contribution in [0.3, 0.4) is 0 Å². The van der Waals surface area contributed by atoms with Crippen molar-refractivity contribution in [1.29, 1.82) is 0 Å². The molecule has 2 aromatic heterocycles. The van der Waals surface area contributed by atoms with E-state index in [1.807, 2.05) is 37.3 Å². The molecule has 0 fully saturated rings. The number of carbonyl (C=O) groups is 1. The number of nitrogens with zero attached hydrogens (tertiary/aromatic N) is 3. The number of ether oxygens (including phenoxy) is 1. The maximum Gasteiger partial charge on any atom is 0.254 e. The third-order valence-corrected chi connectivity index (χ3v) is 3.99. The van der Waals surface area contributed by atoms with Crippen molar-refractivity contribution in [3.05, 3.63) is 59.7 Å². The van der Waals surface area contributed by atoms with Gasteiger partial charge in [-0.1, -0.05) is 6.07 Å². The molecular formula is C18H20N4O2. The van der Waals surface area contributed by atoms with Crippen LogP contribution in [0.5, 0.6) is 0 Å². The first-order chi connectivity index (χ1) is 11.6. The Balaban J connectivity index is 1.90. The highest BCUT2D eigenvalue weighted by Crippen LogP contribution is 2.21. The van der Waals surface area contributed by atoms with Crippen molar-refractivity contribution < 1.29 is 9.53 Å². The predicted molar refractivity (Wildman–Crippen MR) is 91.8 cm³/mol. The molecule has 1 atom stereocenters. The highest BCUT2D eigenvalue weighted by molar-refractivity contribution is 5.97. The molecular weight excluding hydrogens is 304 g/mol. The quantitative estimate of drug-likeness (QED) is 0.783. The average Bonchev–Trinajstić information content (AvgIpc) is 2.98. The molecule has 0 radical (unpaired) electrons. The van der Waals surface area contributed by atoms with E-state index in [4.69, 9.17) is 4.74 Å². The standard InChI is InChI=1S/C18H20N4O2/c1-12-20-14-8-7-13(10-16(14)21-12)18(23)22(2)17(11-24-3)15-6-4-5-9-19-15/h4-10,17H,11H2,1-3H3,(H,20,21). The molecule has 0 aliphatic heterocycles. The normalized spacial score (nSPS) is 12.3. The number of benzene rings is 1. The Bertz CT molecular complexity index is 845. The molecule has 1 N–H and O–H groups in total. The van der Waals surface area contributed by atoms with Crippen molar-refractivity contribution in [3.8, 4) is 0 Å². The summed E-state index contributed by atoms with van der Waals surface area (Å²) >= 11 is 0. The number of hydrogen-bond acceptors (Lipinski definition) is 4. The van der Waals surface area contributed by atoms with E-state index in [0.717, 1.165) is 22.6 Å². The van der Waals surface area contributed by atoms with Gasteiger partial charge in [0, 0.05) is 25.9 Å². The predicted octanol–water partition coefficient (Wildman–Crippen LogP) is 2.73. The molecule has 1 unspecified atom stereocenters. The molecule has 6 nitrogen and oxygen atoms in total. The second-order valence-electron chi connectivity index (χ2n) is 5.70. The van der Waals surface area contributed by atoms with Crippen LogP contribution in [0.4, 0.5) is 0 Å². The van der Waals surface area contributed by atoms with Crippen LogP contribution >= 0.6 is 0 Å². The molecule has 3 aromatic rings. The first kappa shape index (κ1) is 16.1. The van der Waals surface area contributed by atoms with E-state index < -0.39 is 0 Å². The number of amides is 1. The first-order valence-electron chi connectivity index (χ1n) is 7.73. The fourth-order valence-corrected chi connectivity index (χ4v) is 2.74. The fraction of sp³-hybridized carbons (Fsp3) is 0.278. The lowest BCUT2D eigenvalue weighted by molar-refractivity contribution is 0.0595. The summed E-state index contributed by atoms with van der Waals surface area (Å²) in [4.78, 5) is 26.4. The summed E-state index contributed by atoms with van der Waals surface area (Å²) in [6.07, 6.45) is 1.72. The number of imidazole rings is 1. The Morgan fingerprint density at radius 1 is 1.33 bits per heavy atom. The molecule has 0 bridgehead atoms. The summed E-state index contributed by atoms with van der Waals surface area (Å²) in [5.74, 6) is 0.741. The molecule has 0 saturated heterocycles. The Labute approximate surface area is 140 Å². The highest BCUT2D eigenvalue weighted by atomic mass is 16.5. The van der Waals surface area contributed by atoms with Crippen LogP contribution in [-0.4, -0.2) is 46.5 Å². The summed E-state index contributed by atoms with van der Waals surface area (Å²) in [5, 5.41) is 0. The molecule has 0 spiro atoms. The van der Waals surface area contributed by atoms with Gasteiger partial charge in [0.1, 0.15) is 5.82 Å². The minimum absolute atomic E-state index is 0.0862. The summed E-state index contributed by atoms with van der Waals surface area (Å²) in [5.41, 5.74) is 3.11. The van der Waals surface area contributed by atoms with Gasteiger partial charge in [0.2, 0.25) is 0 Å². The Kier molecular flexibility index (Phi) is 4.57. The van der Waals surface area contributed by atoms with Gasteiger partial charge in [-0.2, -0.15) is 0 Å². The topological polar surface area (TPSA) is 71.1 Å². The number of rotatable bonds is 5. The van der Waals surface area contributed by atoms with Gasteiger partial charge >= 0.3 is 0 Å². The number of H-pyrrole nitrogens is 1. The zero-order valence-electron chi connectivity index (χ0n) is 14.0. The van der Waals surface area contributed by atoms with Crippen molar-refractivity contribution in [2.24, 2.45) is 0 Å². The maximum atomic E-state index is 12.9. The molecule has 0 saturated carbocycles. The number of aryl methyl sites for hydroxylation is 1. The van der Waals surface area contributed by atoms with Crippen LogP contribution < -0.4 is 0 Å². The SMILES string of the molecule is COCC(c1ccccn1)N(C)C(=O)c1ccc2nc(C)[nH]c2c1. The minimum atomic E-state index is -0.247. The average molecular weight is 324 g/mol. The van der Waals surface area contributed by atoms with Crippen molar-refractivity contribution in [1.82, 2.24) is 19.9 Å². The molecule has 2 heterocycles. The number of pyridine rings is 1. The lowest BCUT2D eigenvalue weighted by Crippen LogP contribution is -2.34. The third-order valence-electron chi connectivity index (χ3n) is 3.99. The van der Waals surface area contributed by atoms with E-state index >= 15 is 0 Å². The molecule has 1 amide bonds. The lowest BCUT2D eigenvalue weighted by atomic mass is 10.1. The molecule has 0 aliphatic rings. The number of methoxy groups -OCH3 is 1. The van der Waals surface area contributed by atoms with Crippen molar-refractivity contribution in [2.75, 3.05) is 20.8 Å². The van der Waals surface area contributed by atoms with Gasteiger partial charge in [-0.15, -0.1) is 0 Å². The van der Waals surface area contributed by atoms with E-state index in [1.165, 1.54) is 0 Å². The van der Waals surface area contributed by atoms with Crippen LogP contribution in [0, 0.1) is 6.92 Å². The highest BCUT2D eigenvalue weighted by Gasteiger charge is 2.24. The molecule has 6 heteroatoms. The summed E-state index contributed by atoms with van der Waals surface area (Å²) in [6.45, 7) is 2.27. The third kappa shape index (κ3) is 3.14. The lowest BCUT2D eigenvalue weighted by Gasteiger charge is -2.27. The molecule has 24 heavy (non-hydrogen) atoms. The number of fused-ring (bicyclic) bond motifs is 1. The number of hydrogen-bond donors (Lipinski definition) is 1. The second-order valence-corrected chi connectivity index (χ2v) is 5.70. The van der Waals surface area contributed by atoms with E-state index in [2.05, 4.69) is 15.0 Å². The van der Waals surface area contributed by atoms with Crippen LogP contribution in [0.1, 0.15) is 27.9 Å². The van der Waals surface area contributed by atoms with Gasteiger partial charge in [-0.05, 0) is 37.3 Å². The van der Waals surface area contributed by atoms with E-state index in [-0.39, 0.29) is 11.9 Å². The van der Waals surface area contributed by atoms with Crippen LogP contribution in [-0.2, 0) is 4.74 Å². The number of aromatic amines is 1. The zero-order valence-corrected chi connectivity index (χ0v) is 14.0. The van der Waals surface area contributed by atoms with E-state index in [9.17, 15) is 4.79 Å². The Morgan fingerprint density at radius 3 is 2.88 bits per heavy atom. The van der Waals surface area contributed by atoms with E-state index in [0.29, 0.717) is 12.2 Å². The monoisotopic (exact) mass is 324 g/mol. The summed E-state index contributed by atoms with van der Waals surface area (Å²) in [6, 6.07) is 10.9. The van der Waals surface area contributed by atoms with Crippen LogP contribution in [0.2, 0.25) is 0 Å². The van der Waals surface area contributed by atoms with Crippen molar-refractivity contribution in [3.63, 3.8) is 0 Å². The van der Waals surface area contributed by atoms with Crippen molar-refractivity contribution in [2.45, 2.75) is 13.0 Å². The summed E-state index contributed by atoms with van der Waals surface area (Å²) < 4.78 is 5.29. The Hall–Kier alpha value is -2.73. The van der Waals surface area contributed by atoms with Gasteiger partial charge in [0.05, 0.1) is 29.4 Å². The number of carbonyl (C=O) groups excluding carboxylic acids is 1. The number of nitrogens with one attached hydrogen (secondary N) is 1. The fourth-order valence-electron chi connectivity index (χ4n) is 2.74. The number of aromatic nitrogens is 3. The molecule has 0 aliphatic carbocycles. The smallest absolute Gasteiger partial charge is 0.254 e. The molecule has 1 aromatic carbocycles. The molecule has 124 valence electrons. The zero-order chi connectivity index (χ0) is 17.1. The van der Waals surface area contributed by atoms with Crippen LogP contribution in [0.15, 0.2) is 42.6 Å². The van der Waals surface area contributed by atoms with Gasteiger partial charge in [-0.3, -0.25) is 9.78 Å². The van der Waals surface area contributed by atoms with Gasteiger partial charge in [0.15, 0.2) is 0 Å². The van der Waals surface area contributed by atoms with Gasteiger partial charge in [-0.25, -0.2) is 4.98 Å². The number of likely N-dealkylation sites (N-methyl/N-ethyl adjacent to an activating group) is 1. The maximum absolute atomic E-state index is 12.9. The van der Waals surface area contributed by atoms with E-state index in [1.54, 1.807) is 31.3 Å². The first-order valence-corrected chi connectivity index (χ1v) is 7.73. The summed E-state index contributed by atoms with van der Waals surface area (Å²) in [7, 11) is 3.39. The van der Waals surface area contributed by atoms with Crippen LogP contribution in [0.25, 0.3) is 11.0 Å². The van der Waals surface area contributed by atoms with Gasteiger partial charge in [0.25, 0.3) is 5.91 Å². The largest absolute Gasteiger partial charge is 0.382 e.